The summed E-state index contributed by atoms with van der Waals surface area (Å²) < 4.78 is 11.3. The number of ether oxygens (including phenoxy) is 2. The molecule has 9 nitrogen and oxygen atoms in total. The number of hydrogen-bond donors (Lipinski definition) is 2. The highest BCUT2D eigenvalue weighted by Gasteiger charge is 2.45. The molecule has 0 radical (unpaired) electrons. The first kappa shape index (κ1) is 36.2. The van der Waals surface area contributed by atoms with Crippen molar-refractivity contribution in [2.75, 3.05) is 0 Å². The van der Waals surface area contributed by atoms with Crippen LogP contribution in [0.3, 0.4) is 0 Å². The Bertz CT molecular complexity index is 1560. The second-order valence-electron chi connectivity index (χ2n) is 14.4. The van der Waals surface area contributed by atoms with Gasteiger partial charge in [-0.25, -0.2) is 9.59 Å². The van der Waals surface area contributed by atoms with E-state index in [-0.39, 0.29) is 18.9 Å². The Morgan fingerprint density at radius 1 is 0.708 bits per heavy atom. The third-order valence-corrected chi connectivity index (χ3v) is 7.77. The lowest BCUT2D eigenvalue weighted by atomic mass is 9.96. The van der Waals surface area contributed by atoms with Crippen molar-refractivity contribution in [2.24, 2.45) is 0 Å². The molecule has 1 aliphatic carbocycles. The number of aryl methyl sites for hydroxylation is 1. The molecule has 2 N–H and O–H groups in total. The third-order valence-electron chi connectivity index (χ3n) is 7.77. The first-order valence-electron chi connectivity index (χ1n) is 16.6. The van der Waals surface area contributed by atoms with E-state index < -0.39 is 53.2 Å². The molecule has 256 valence electrons. The highest BCUT2D eigenvalue weighted by Crippen LogP contribution is 2.37. The lowest BCUT2D eigenvalue weighted by Gasteiger charge is -2.36. The van der Waals surface area contributed by atoms with Crippen LogP contribution in [0.4, 0.5) is 4.79 Å². The fourth-order valence-electron chi connectivity index (χ4n) is 5.53. The summed E-state index contributed by atoms with van der Waals surface area (Å²) >= 11 is 0. The van der Waals surface area contributed by atoms with Crippen LogP contribution in [0.25, 0.3) is 0 Å². The first-order chi connectivity index (χ1) is 22.6. The van der Waals surface area contributed by atoms with Gasteiger partial charge in [-0.05, 0) is 83.6 Å². The monoisotopic (exact) mass is 655 g/mol. The van der Waals surface area contributed by atoms with Crippen LogP contribution in [-0.4, -0.2) is 58.1 Å². The van der Waals surface area contributed by atoms with Gasteiger partial charge in [0.2, 0.25) is 11.8 Å². The zero-order valence-electron chi connectivity index (χ0n) is 29.1. The minimum Gasteiger partial charge on any atom is -0.458 e. The Balaban J connectivity index is 1.74. The van der Waals surface area contributed by atoms with Crippen LogP contribution in [0, 0.1) is 6.92 Å². The van der Waals surface area contributed by atoms with Gasteiger partial charge < -0.3 is 25.0 Å². The van der Waals surface area contributed by atoms with Gasteiger partial charge in [0.15, 0.2) is 0 Å². The van der Waals surface area contributed by atoms with Gasteiger partial charge >= 0.3 is 12.1 Å². The van der Waals surface area contributed by atoms with Crippen LogP contribution in [0.2, 0.25) is 0 Å². The lowest BCUT2D eigenvalue weighted by molar-refractivity contribution is -0.159. The minimum absolute atomic E-state index is 0.193. The predicted octanol–water partition coefficient (Wildman–Crippen LogP) is 6.23. The Labute approximate surface area is 284 Å². The topological polar surface area (TPSA) is 114 Å². The Kier molecular flexibility index (Phi) is 11.7. The lowest BCUT2D eigenvalue weighted by Crippen LogP contribution is -2.56. The Hall–Kier alpha value is -4.66. The summed E-state index contributed by atoms with van der Waals surface area (Å²) in [5.74, 6) is -1.49. The Morgan fingerprint density at radius 2 is 1.21 bits per heavy atom. The van der Waals surface area contributed by atoms with Gasteiger partial charge in [0.1, 0.15) is 29.3 Å². The molecule has 0 aromatic heterocycles. The molecule has 0 heterocycles. The van der Waals surface area contributed by atoms with Crippen molar-refractivity contribution in [1.29, 1.82) is 0 Å². The predicted molar refractivity (Wildman–Crippen MR) is 185 cm³/mol. The van der Waals surface area contributed by atoms with Gasteiger partial charge in [0.25, 0.3) is 0 Å². The van der Waals surface area contributed by atoms with Crippen molar-refractivity contribution in [3.8, 4) is 0 Å². The van der Waals surface area contributed by atoms with E-state index >= 15 is 0 Å². The summed E-state index contributed by atoms with van der Waals surface area (Å²) in [6.45, 7) is 12.5. The van der Waals surface area contributed by atoms with Crippen LogP contribution in [0.15, 0.2) is 84.9 Å². The minimum atomic E-state index is -1.08. The van der Waals surface area contributed by atoms with Crippen molar-refractivity contribution >= 4 is 23.9 Å². The van der Waals surface area contributed by atoms with E-state index in [4.69, 9.17) is 9.47 Å². The van der Waals surface area contributed by atoms with Gasteiger partial charge in [0, 0.05) is 18.9 Å². The van der Waals surface area contributed by atoms with Gasteiger partial charge in [-0.2, -0.15) is 0 Å². The average molecular weight is 656 g/mol. The fraction of sp³-hybridized carbons (Fsp3) is 0.436. The van der Waals surface area contributed by atoms with Crippen LogP contribution >= 0.6 is 0 Å². The number of amides is 3. The summed E-state index contributed by atoms with van der Waals surface area (Å²) in [7, 11) is 0. The SMILES string of the molecule is Cc1ccccc1C(C(=O)NC(Cc1ccccc1)C(=O)OC(C)(C)C)N(C(=O)C(Cc1ccccc1)NC(=O)OC(C)(C)C)C1CC1. The van der Waals surface area contributed by atoms with E-state index in [1.807, 2.05) is 91.9 Å². The van der Waals surface area contributed by atoms with Crippen molar-refractivity contribution in [2.45, 2.75) is 110 Å². The zero-order valence-corrected chi connectivity index (χ0v) is 29.1. The van der Waals surface area contributed by atoms with Gasteiger partial charge in [-0.15, -0.1) is 0 Å². The number of nitrogens with one attached hydrogen (secondary N) is 2. The van der Waals surface area contributed by atoms with E-state index in [9.17, 15) is 19.2 Å². The molecule has 3 unspecified atom stereocenters. The van der Waals surface area contributed by atoms with Gasteiger partial charge in [0.05, 0.1) is 0 Å². The molecular weight excluding hydrogens is 606 g/mol. The van der Waals surface area contributed by atoms with E-state index in [1.165, 1.54) is 0 Å². The molecule has 3 aromatic carbocycles. The summed E-state index contributed by atoms with van der Waals surface area (Å²) in [5.41, 5.74) is 1.58. The number of rotatable bonds is 12. The molecule has 9 heteroatoms. The molecule has 0 spiro atoms. The molecule has 48 heavy (non-hydrogen) atoms. The average Bonchev–Trinajstić information content (AvgIpc) is 3.84. The van der Waals surface area contributed by atoms with Crippen LogP contribution < -0.4 is 10.6 Å². The smallest absolute Gasteiger partial charge is 0.408 e. The summed E-state index contributed by atoms with van der Waals surface area (Å²) in [5, 5.41) is 5.78. The van der Waals surface area contributed by atoms with E-state index in [0.717, 1.165) is 16.7 Å². The van der Waals surface area contributed by atoms with Crippen molar-refractivity contribution in [3.05, 3.63) is 107 Å². The van der Waals surface area contributed by atoms with Crippen molar-refractivity contribution < 1.29 is 28.7 Å². The quantitative estimate of drug-likeness (QED) is 0.224. The largest absolute Gasteiger partial charge is 0.458 e. The van der Waals surface area contributed by atoms with E-state index in [0.29, 0.717) is 18.4 Å². The first-order valence-corrected chi connectivity index (χ1v) is 16.6. The number of alkyl carbamates (subject to hydrolysis) is 1. The maximum Gasteiger partial charge on any atom is 0.408 e. The molecule has 4 rings (SSSR count). The summed E-state index contributed by atoms with van der Waals surface area (Å²) in [4.78, 5) is 57.6. The van der Waals surface area contributed by atoms with Crippen molar-refractivity contribution in [3.63, 3.8) is 0 Å². The summed E-state index contributed by atoms with van der Waals surface area (Å²) in [6, 6.07) is 22.9. The summed E-state index contributed by atoms with van der Waals surface area (Å²) in [6.07, 6.45) is 1.07. The van der Waals surface area contributed by atoms with Crippen molar-refractivity contribution in [1.82, 2.24) is 15.5 Å². The van der Waals surface area contributed by atoms with Crippen LogP contribution in [0.5, 0.6) is 0 Å². The maximum absolute atomic E-state index is 14.7. The number of benzene rings is 3. The molecule has 0 aliphatic heterocycles. The third kappa shape index (κ3) is 10.7. The standard InChI is InChI=1S/C39H49N3O6/c1-26-16-14-15-21-30(26)33(34(43)40-32(36(45)47-38(2,3)4)25-28-19-12-9-13-20-28)42(29-22-23-29)35(44)31(24-27-17-10-8-11-18-27)41-37(46)48-39(5,6)7/h8-21,29,31-33H,22-25H2,1-7H3,(H,40,43)(H,41,46). The van der Waals surface area contributed by atoms with Gasteiger partial charge in [-0.1, -0.05) is 84.9 Å². The fourth-order valence-corrected chi connectivity index (χ4v) is 5.53. The molecule has 0 saturated heterocycles. The molecule has 3 aromatic rings. The zero-order chi connectivity index (χ0) is 35.1. The highest BCUT2D eigenvalue weighted by atomic mass is 16.6. The number of esters is 1. The highest BCUT2D eigenvalue weighted by molar-refractivity contribution is 5.94. The van der Waals surface area contributed by atoms with Crippen LogP contribution in [-0.2, 0) is 36.7 Å². The molecule has 3 atom stereocenters. The number of carbonyl (C=O) groups excluding carboxylic acids is 4. The van der Waals surface area contributed by atoms with Gasteiger partial charge in [-0.3, -0.25) is 9.59 Å². The number of carbonyl (C=O) groups is 4. The van der Waals surface area contributed by atoms with Crippen LogP contribution in [0.1, 0.15) is 82.7 Å². The second-order valence-corrected chi connectivity index (χ2v) is 14.4. The van der Waals surface area contributed by atoms with E-state index in [2.05, 4.69) is 10.6 Å². The molecule has 1 fully saturated rings. The molecule has 1 aliphatic rings. The number of nitrogens with zero attached hydrogens (tertiary/aromatic N) is 1. The van der Waals surface area contributed by atoms with E-state index in [1.54, 1.807) is 46.4 Å². The molecule has 1 saturated carbocycles. The molecule has 3 amide bonds. The Morgan fingerprint density at radius 3 is 1.71 bits per heavy atom. The normalized spacial score (nSPS) is 15.0. The second kappa shape index (κ2) is 15.5. The molecular formula is C39H49N3O6. The number of hydrogen-bond acceptors (Lipinski definition) is 6. The molecule has 0 bridgehead atoms. The maximum atomic E-state index is 14.7.